The minimum atomic E-state index is -3.81. The van der Waals surface area contributed by atoms with Crippen LogP contribution in [0.3, 0.4) is 0 Å². The molecule has 0 aliphatic carbocycles. The molecule has 0 unspecified atom stereocenters. The number of hydrogen-bond donors (Lipinski definition) is 2. The molecule has 1 fully saturated rings. The summed E-state index contributed by atoms with van der Waals surface area (Å²) in [5.41, 5.74) is 6.11. The van der Waals surface area contributed by atoms with E-state index in [9.17, 15) is 18.0 Å². The molecule has 0 radical (unpaired) electrons. The number of hydrogen-bond acceptors (Lipinski definition) is 5. The number of amides is 2. The number of nitrogens with zero attached hydrogens (tertiary/aromatic N) is 1. The van der Waals surface area contributed by atoms with Crippen molar-refractivity contribution in [2.45, 2.75) is 24.7 Å². The van der Waals surface area contributed by atoms with Crippen molar-refractivity contribution < 1.29 is 22.7 Å². The summed E-state index contributed by atoms with van der Waals surface area (Å²) in [6, 6.07) is 10.8. The predicted octanol–water partition coefficient (Wildman–Crippen LogP) is 2.88. The first kappa shape index (κ1) is 23.1. The summed E-state index contributed by atoms with van der Waals surface area (Å²) in [5.74, 6) is -0.806. The van der Waals surface area contributed by atoms with E-state index in [1.807, 2.05) is 0 Å². The third kappa shape index (κ3) is 5.36. The lowest BCUT2D eigenvalue weighted by molar-refractivity contribution is -0.120. The van der Waals surface area contributed by atoms with Gasteiger partial charge in [0.25, 0.3) is 0 Å². The van der Waals surface area contributed by atoms with Crippen molar-refractivity contribution in [3.8, 4) is 5.75 Å². The Morgan fingerprint density at radius 1 is 1.16 bits per heavy atom. The van der Waals surface area contributed by atoms with Crippen molar-refractivity contribution in [2.24, 2.45) is 11.7 Å². The van der Waals surface area contributed by atoms with Crippen LogP contribution in [0.5, 0.6) is 5.75 Å². The van der Waals surface area contributed by atoms with Gasteiger partial charge in [0.15, 0.2) is 0 Å². The largest absolute Gasteiger partial charge is 0.492 e. The molecular weight excluding hydrogens is 442 g/mol. The molecule has 2 amide bonds. The number of ether oxygens (including phenoxy) is 1. The van der Waals surface area contributed by atoms with Gasteiger partial charge in [0.1, 0.15) is 10.6 Å². The molecule has 0 atom stereocenters. The fraction of sp³-hybridized carbons (Fsp3) is 0.333. The second-order valence-electron chi connectivity index (χ2n) is 7.13. The summed E-state index contributed by atoms with van der Waals surface area (Å²) in [4.78, 5) is 23.8. The molecular formula is C21H24ClN3O5S. The van der Waals surface area contributed by atoms with Crippen LogP contribution in [0.1, 0.15) is 30.1 Å². The zero-order valence-corrected chi connectivity index (χ0v) is 18.6. The maximum absolute atomic E-state index is 13.1. The normalized spacial score (nSPS) is 15.4. The van der Waals surface area contributed by atoms with Crippen LogP contribution in [0.4, 0.5) is 5.69 Å². The lowest BCUT2D eigenvalue weighted by atomic mass is 9.97. The van der Waals surface area contributed by atoms with Gasteiger partial charge in [0.05, 0.1) is 6.61 Å². The van der Waals surface area contributed by atoms with Gasteiger partial charge in [-0.15, -0.1) is 0 Å². The summed E-state index contributed by atoms with van der Waals surface area (Å²) in [6.07, 6.45) is 0.768. The average molecular weight is 466 g/mol. The molecule has 1 saturated heterocycles. The highest BCUT2D eigenvalue weighted by Gasteiger charge is 2.34. The summed E-state index contributed by atoms with van der Waals surface area (Å²) >= 11 is 6.01. The molecule has 31 heavy (non-hydrogen) atoms. The third-order valence-corrected chi connectivity index (χ3v) is 7.24. The van der Waals surface area contributed by atoms with Crippen molar-refractivity contribution in [3.63, 3.8) is 0 Å². The summed E-state index contributed by atoms with van der Waals surface area (Å²) in [5, 5.41) is 3.10. The van der Waals surface area contributed by atoms with E-state index in [1.54, 1.807) is 31.2 Å². The van der Waals surface area contributed by atoms with E-state index < -0.39 is 15.9 Å². The average Bonchev–Trinajstić information content (AvgIpc) is 2.75. The zero-order valence-electron chi connectivity index (χ0n) is 17.0. The molecule has 1 heterocycles. The maximum Gasteiger partial charge on any atom is 0.248 e. The number of sulfonamides is 1. The topological polar surface area (TPSA) is 119 Å². The van der Waals surface area contributed by atoms with Gasteiger partial charge < -0.3 is 15.8 Å². The molecule has 1 aliphatic heterocycles. The summed E-state index contributed by atoms with van der Waals surface area (Å²) < 4.78 is 33.1. The molecule has 3 N–H and O–H groups in total. The number of piperidine rings is 1. The first-order valence-corrected chi connectivity index (χ1v) is 11.7. The van der Waals surface area contributed by atoms with Gasteiger partial charge in [-0.3, -0.25) is 9.59 Å². The molecule has 10 heteroatoms. The van der Waals surface area contributed by atoms with E-state index >= 15 is 0 Å². The van der Waals surface area contributed by atoms with Crippen LogP contribution in [0.15, 0.2) is 47.4 Å². The molecule has 2 aromatic carbocycles. The first-order chi connectivity index (χ1) is 14.7. The lowest BCUT2D eigenvalue weighted by Gasteiger charge is -2.31. The molecule has 0 saturated carbocycles. The van der Waals surface area contributed by atoms with Crippen LogP contribution in [-0.4, -0.2) is 44.2 Å². The van der Waals surface area contributed by atoms with E-state index in [4.69, 9.17) is 22.1 Å². The van der Waals surface area contributed by atoms with Crippen molar-refractivity contribution in [3.05, 3.63) is 53.1 Å². The van der Waals surface area contributed by atoms with Gasteiger partial charge in [0.2, 0.25) is 21.8 Å². The number of halogens is 1. The smallest absolute Gasteiger partial charge is 0.248 e. The lowest BCUT2D eigenvalue weighted by Crippen LogP contribution is -2.41. The van der Waals surface area contributed by atoms with Crippen molar-refractivity contribution >= 4 is 39.1 Å². The minimum Gasteiger partial charge on any atom is -0.492 e. The SMILES string of the molecule is CCOc1ccc(Cl)cc1S(=O)(=O)N1CCC(C(=O)Nc2ccc(C(N)=O)cc2)CC1. The Bertz CT molecular complexity index is 1060. The second kappa shape index (κ2) is 9.67. The first-order valence-electron chi connectivity index (χ1n) is 9.85. The zero-order chi connectivity index (χ0) is 22.6. The number of nitrogens with two attached hydrogens (primary N) is 1. The number of carbonyl (C=O) groups excluding carboxylic acids is 2. The van der Waals surface area contributed by atoms with Crippen LogP contribution >= 0.6 is 11.6 Å². The predicted molar refractivity (Wildman–Crippen MR) is 118 cm³/mol. The molecule has 166 valence electrons. The fourth-order valence-corrected chi connectivity index (χ4v) is 5.28. The highest BCUT2D eigenvalue weighted by atomic mass is 35.5. The monoisotopic (exact) mass is 465 g/mol. The van der Waals surface area contributed by atoms with Gasteiger partial charge in [-0.25, -0.2) is 8.42 Å². The Morgan fingerprint density at radius 2 is 1.81 bits per heavy atom. The van der Waals surface area contributed by atoms with E-state index in [0.29, 0.717) is 35.7 Å². The Balaban J connectivity index is 1.65. The third-order valence-electron chi connectivity index (χ3n) is 5.09. The van der Waals surface area contributed by atoms with E-state index in [-0.39, 0.29) is 35.6 Å². The molecule has 0 aromatic heterocycles. The standard InChI is InChI=1S/C21H24ClN3O5S/c1-2-30-18-8-5-16(22)13-19(18)31(28,29)25-11-9-15(10-12-25)21(27)24-17-6-3-14(4-7-17)20(23)26/h3-8,13,15H,2,9-12H2,1H3,(H2,23,26)(H,24,27). The molecule has 0 spiro atoms. The van der Waals surface area contributed by atoms with Crippen LogP contribution in [0.2, 0.25) is 5.02 Å². The van der Waals surface area contributed by atoms with Gasteiger partial charge in [-0.05, 0) is 62.2 Å². The minimum absolute atomic E-state index is 0.0271. The number of benzene rings is 2. The Kier molecular flexibility index (Phi) is 7.19. The highest BCUT2D eigenvalue weighted by molar-refractivity contribution is 7.89. The van der Waals surface area contributed by atoms with Crippen LogP contribution in [-0.2, 0) is 14.8 Å². The number of rotatable bonds is 7. The fourth-order valence-electron chi connectivity index (χ4n) is 3.42. The molecule has 2 aromatic rings. The maximum atomic E-state index is 13.1. The van der Waals surface area contributed by atoms with Crippen molar-refractivity contribution in [1.29, 1.82) is 0 Å². The van der Waals surface area contributed by atoms with Crippen LogP contribution in [0.25, 0.3) is 0 Å². The van der Waals surface area contributed by atoms with Crippen molar-refractivity contribution in [2.75, 3.05) is 25.0 Å². The molecule has 1 aliphatic rings. The molecule has 8 nitrogen and oxygen atoms in total. The van der Waals surface area contributed by atoms with Crippen molar-refractivity contribution in [1.82, 2.24) is 4.31 Å². The number of carbonyl (C=O) groups is 2. The Labute approximate surface area is 186 Å². The molecule has 3 rings (SSSR count). The van der Waals surface area contributed by atoms with Crippen LogP contribution in [0, 0.1) is 5.92 Å². The molecule has 0 bridgehead atoms. The van der Waals surface area contributed by atoms with Crippen LogP contribution < -0.4 is 15.8 Å². The highest BCUT2D eigenvalue weighted by Crippen LogP contribution is 2.32. The second-order valence-corrected chi connectivity index (χ2v) is 9.48. The Hall–Kier alpha value is -2.62. The van der Waals surface area contributed by atoms with Gasteiger partial charge >= 0.3 is 0 Å². The quantitative estimate of drug-likeness (QED) is 0.651. The number of nitrogens with one attached hydrogen (secondary N) is 1. The number of primary amides is 1. The summed E-state index contributed by atoms with van der Waals surface area (Å²) in [7, 11) is -3.81. The van der Waals surface area contributed by atoms with E-state index in [0.717, 1.165) is 0 Å². The van der Waals surface area contributed by atoms with Gasteiger partial charge in [-0.2, -0.15) is 4.31 Å². The Morgan fingerprint density at radius 3 is 2.39 bits per heavy atom. The van der Waals surface area contributed by atoms with Gasteiger partial charge in [-0.1, -0.05) is 11.6 Å². The van der Waals surface area contributed by atoms with E-state index in [1.165, 1.54) is 22.5 Å². The van der Waals surface area contributed by atoms with E-state index in [2.05, 4.69) is 5.32 Å². The number of anilines is 1. The van der Waals surface area contributed by atoms with Gasteiger partial charge in [0, 0.05) is 35.3 Å². The summed E-state index contributed by atoms with van der Waals surface area (Å²) in [6.45, 7) is 2.52.